The highest BCUT2D eigenvalue weighted by Gasteiger charge is 2.29. The van der Waals surface area contributed by atoms with E-state index in [1.165, 1.54) is 11.8 Å². The second-order valence-corrected chi connectivity index (χ2v) is 7.84. The van der Waals surface area contributed by atoms with E-state index in [1.807, 2.05) is 31.2 Å². The fraction of sp³-hybridized carbons (Fsp3) is 0.500. The largest absolute Gasteiger partial charge is 0.493 e. The van der Waals surface area contributed by atoms with E-state index in [-0.39, 0.29) is 17.2 Å². The minimum Gasteiger partial charge on any atom is -0.493 e. The van der Waals surface area contributed by atoms with Crippen molar-refractivity contribution in [3.05, 3.63) is 41.5 Å². The number of hydrogen-bond donors (Lipinski definition) is 1. The topological polar surface area (TPSA) is 77.2 Å². The molecule has 132 valence electrons. The first-order valence-electron chi connectivity index (χ1n) is 8.67. The summed E-state index contributed by atoms with van der Waals surface area (Å²) in [7, 11) is 0. The molecule has 25 heavy (non-hydrogen) atoms. The van der Waals surface area contributed by atoms with Crippen LogP contribution in [0.25, 0.3) is 0 Å². The summed E-state index contributed by atoms with van der Waals surface area (Å²) >= 11 is 1.51. The molecule has 1 aromatic carbocycles. The first kappa shape index (κ1) is 16.4. The van der Waals surface area contributed by atoms with Crippen molar-refractivity contribution in [3.63, 3.8) is 0 Å². The van der Waals surface area contributed by atoms with Gasteiger partial charge in [-0.15, -0.1) is 11.8 Å². The number of carbonyl (C=O) groups is 1. The number of amides is 1. The Bertz CT molecular complexity index is 760. The van der Waals surface area contributed by atoms with E-state index in [4.69, 9.17) is 9.26 Å². The number of hydrogen-bond acceptors (Lipinski definition) is 6. The normalized spacial score (nSPS) is 20.4. The number of fused-ring (bicyclic) bond motifs is 1. The Morgan fingerprint density at radius 3 is 3.04 bits per heavy atom. The van der Waals surface area contributed by atoms with Gasteiger partial charge in [0.05, 0.1) is 23.7 Å². The van der Waals surface area contributed by atoms with Crippen LogP contribution in [0.3, 0.4) is 0 Å². The molecule has 2 atom stereocenters. The second kappa shape index (κ2) is 7.07. The molecule has 2 aliphatic rings. The summed E-state index contributed by atoms with van der Waals surface area (Å²) in [5.74, 6) is 3.33. The van der Waals surface area contributed by atoms with Crippen LogP contribution in [0, 0.1) is 0 Å². The average Bonchev–Trinajstić information content (AvgIpc) is 3.38. The third-order valence-corrected chi connectivity index (χ3v) is 5.66. The molecule has 0 spiro atoms. The molecule has 1 aliphatic carbocycles. The Hall–Kier alpha value is -2.02. The average molecular weight is 359 g/mol. The maximum absolute atomic E-state index is 12.5. The number of carbonyl (C=O) groups excluding carboxylic acids is 1. The minimum atomic E-state index is -0.189. The van der Waals surface area contributed by atoms with Crippen molar-refractivity contribution in [1.29, 1.82) is 0 Å². The summed E-state index contributed by atoms with van der Waals surface area (Å²) < 4.78 is 10.9. The quantitative estimate of drug-likeness (QED) is 0.853. The molecule has 2 heterocycles. The highest BCUT2D eigenvalue weighted by Crippen LogP contribution is 2.38. The number of para-hydroxylation sites is 1. The van der Waals surface area contributed by atoms with Gasteiger partial charge in [-0.3, -0.25) is 4.79 Å². The first-order valence-corrected chi connectivity index (χ1v) is 9.72. The van der Waals surface area contributed by atoms with Crippen LogP contribution in [-0.2, 0) is 10.5 Å². The lowest BCUT2D eigenvalue weighted by Gasteiger charge is -2.27. The van der Waals surface area contributed by atoms with Crippen molar-refractivity contribution in [2.45, 2.75) is 49.1 Å². The molecule has 1 fully saturated rings. The van der Waals surface area contributed by atoms with Gasteiger partial charge in [0.1, 0.15) is 5.75 Å². The van der Waals surface area contributed by atoms with E-state index in [0.29, 0.717) is 24.2 Å². The van der Waals surface area contributed by atoms with E-state index >= 15 is 0 Å². The molecule has 0 unspecified atom stereocenters. The Balaban J connectivity index is 1.31. The number of ether oxygens (including phenoxy) is 1. The fourth-order valence-electron chi connectivity index (χ4n) is 2.89. The van der Waals surface area contributed by atoms with E-state index in [9.17, 15) is 4.79 Å². The highest BCUT2D eigenvalue weighted by molar-refractivity contribution is 7.99. The number of aromatic nitrogens is 2. The van der Waals surface area contributed by atoms with Gasteiger partial charge in [0.2, 0.25) is 11.8 Å². The predicted octanol–water partition coefficient (Wildman–Crippen LogP) is 3.21. The molecule has 4 rings (SSSR count). The van der Waals surface area contributed by atoms with Crippen LogP contribution in [0.2, 0.25) is 0 Å². The molecule has 0 radical (unpaired) electrons. The summed E-state index contributed by atoms with van der Waals surface area (Å²) in [5.41, 5.74) is 1.05. The van der Waals surface area contributed by atoms with Crippen LogP contribution >= 0.6 is 11.8 Å². The van der Waals surface area contributed by atoms with Crippen molar-refractivity contribution >= 4 is 17.7 Å². The molecule has 0 bridgehead atoms. The van der Waals surface area contributed by atoms with Crippen molar-refractivity contribution < 1.29 is 14.1 Å². The van der Waals surface area contributed by atoms with Gasteiger partial charge in [-0.1, -0.05) is 23.4 Å². The van der Waals surface area contributed by atoms with E-state index in [0.717, 1.165) is 36.4 Å². The van der Waals surface area contributed by atoms with Crippen molar-refractivity contribution in [2.75, 3.05) is 6.61 Å². The van der Waals surface area contributed by atoms with Gasteiger partial charge in [0, 0.05) is 17.9 Å². The number of rotatable bonds is 6. The summed E-state index contributed by atoms with van der Waals surface area (Å²) in [4.78, 5) is 16.9. The van der Waals surface area contributed by atoms with Gasteiger partial charge in [-0.2, -0.15) is 4.98 Å². The Morgan fingerprint density at radius 1 is 1.36 bits per heavy atom. The van der Waals surface area contributed by atoms with Crippen LogP contribution in [0.15, 0.2) is 28.8 Å². The number of benzene rings is 1. The first-order chi connectivity index (χ1) is 12.2. The van der Waals surface area contributed by atoms with Gasteiger partial charge >= 0.3 is 0 Å². The maximum Gasteiger partial charge on any atom is 0.236 e. The molecule has 7 heteroatoms. The van der Waals surface area contributed by atoms with Gasteiger partial charge in [0.15, 0.2) is 5.82 Å². The Kier molecular flexibility index (Phi) is 4.65. The zero-order chi connectivity index (χ0) is 17.2. The molecule has 1 N–H and O–H groups in total. The predicted molar refractivity (Wildman–Crippen MR) is 94.5 cm³/mol. The maximum atomic E-state index is 12.5. The molecule has 1 saturated carbocycles. The lowest BCUT2D eigenvalue weighted by Crippen LogP contribution is -2.36. The Morgan fingerprint density at radius 2 is 2.20 bits per heavy atom. The zero-order valence-electron chi connectivity index (χ0n) is 14.1. The summed E-state index contributed by atoms with van der Waals surface area (Å²) in [5, 5.41) is 6.96. The summed E-state index contributed by atoms with van der Waals surface area (Å²) in [6.45, 7) is 2.53. The third kappa shape index (κ3) is 3.81. The third-order valence-electron chi connectivity index (χ3n) is 4.53. The highest BCUT2D eigenvalue weighted by atomic mass is 32.2. The second-order valence-electron chi connectivity index (χ2n) is 6.51. The molecule has 1 amide bonds. The lowest BCUT2D eigenvalue weighted by atomic mass is 10.0. The Labute approximate surface area is 150 Å². The SMILES string of the molecule is C[C@H](SCc1nc(C2CC2)no1)C(=O)N[C@H]1CCOc2ccccc21. The number of nitrogens with zero attached hydrogens (tertiary/aromatic N) is 2. The van der Waals surface area contributed by atoms with E-state index in [2.05, 4.69) is 15.5 Å². The zero-order valence-corrected chi connectivity index (χ0v) is 14.9. The van der Waals surface area contributed by atoms with Crippen LogP contribution in [0.5, 0.6) is 5.75 Å². The minimum absolute atomic E-state index is 0.00498. The molecule has 1 aliphatic heterocycles. The molecular formula is C18H21N3O3S. The summed E-state index contributed by atoms with van der Waals surface area (Å²) in [6.07, 6.45) is 3.09. The number of thioether (sulfide) groups is 1. The number of nitrogens with one attached hydrogen (secondary N) is 1. The van der Waals surface area contributed by atoms with Gasteiger partial charge in [-0.25, -0.2) is 0 Å². The lowest BCUT2D eigenvalue weighted by molar-refractivity contribution is -0.121. The summed E-state index contributed by atoms with van der Waals surface area (Å²) in [6, 6.07) is 7.87. The van der Waals surface area contributed by atoms with Crippen molar-refractivity contribution in [2.24, 2.45) is 0 Å². The standard InChI is InChI=1S/C18H21N3O3S/c1-11(25-10-16-20-17(21-24-16)12-6-7-12)18(22)19-14-8-9-23-15-5-3-2-4-13(14)15/h2-5,11-12,14H,6-10H2,1H3,(H,19,22)/t11-,14-/m0/s1. The van der Waals surface area contributed by atoms with Gasteiger partial charge in [-0.05, 0) is 25.8 Å². The molecule has 1 aromatic heterocycles. The fourth-order valence-corrected chi connectivity index (χ4v) is 3.62. The van der Waals surface area contributed by atoms with Gasteiger partial charge in [0.25, 0.3) is 0 Å². The molecule has 0 saturated heterocycles. The van der Waals surface area contributed by atoms with Crippen LogP contribution < -0.4 is 10.1 Å². The molecule has 6 nitrogen and oxygen atoms in total. The monoisotopic (exact) mass is 359 g/mol. The van der Waals surface area contributed by atoms with Gasteiger partial charge < -0.3 is 14.6 Å². The van der Waals surface area contributed by atoms with Crippen molar-refractivity contribution in [3.8, 4) is 5.75 Å². The van der Waals surface area contributed by atoms with Crippen molar-refractivity contribution in [1.82, 2.24) is 15.5 Å². The smallest absolute Gasteiger partial charge is 0.236 e. The molecule has 2 aromatic rings. The van der Waals surface area contributed by atoms with E-state index in [1.54, 1.807) is 0 Å². The van der Waals surface area contributed by atoms with Crippen LogP contribution in [0.4, 0.5) is 0 Å². The van der Waals surface area contributed by atoms with Crippen LogP contribution in [-0.4, -0.2) is 27.9 Å². The molecular weight excluding hydrogens is 338 g/mol. The van der Waals surface area contributed by atoms with Crippen LogP contribution in [0.1, 0.15) is 55.4 Å². The van der Waals surface area contributed by atoms with E-state index < -0.39 is 0 Å².